The predicted molar refractivity (Wildman–Crippen MR) is 66.7 cm³/mol. The lowest BCUT2D eigenvalue weighted by molar-refractivity contribution is -0.132. The van der Waals surface area contributed by atoms with Crippen LogP contribution in [0.4, 0.5) is 0 Å². The van der Waals surface area contributed by atoms with Crippen molar-refractivity contribution >= 4 is 21.7 Å². The zero-order chi connectivity index (χ0) is 11.9. The molecule has 2 nitrogen and oxygen atoms in total. The summed E-state index contributed by atoms with van der Waals surface area (Å²) in [6.45, 7) is 5.78. The molecule has 0 amide bonds. The molecule has 1 aromatic carbocycles. The first kappa shape index (κ1) is 11.6. The molecule has 0 bridgehead atoms. The molecule has 0 N–H and O–H groups in total. The Kier molecular flexibility index (Phi) is 2.82. The quantitative estimate of drug-likeness (QED) is 0.790. The maximum atomic E-state index is 12.1. The van der Waals surface area contributed by atoms with Crippen molar-refractivity contribution in [2.75, 3.05) is 0 Å². The third kappa shape index (κ3) is 2.14. The second-order valence-electron chi connectivity index (χ2n) is 5.18. The van der Waals surface area contributed by atoms with Crippen molar-refractivity contribution in [1.82, 2.24) is 0 Å². The number of benzene rings is 1. The summed E-state index contributed by atoms with van der Waals surface area (Å²) in [5, 5.41) is 0. The molecule has 3 heteroatoms. The van der Waals surface area contributed by atoms with Crippen LogP contribution in [0.3, 0.4) is 0 Å². The zero-order valence-electron chi connectivity index (χ0n) is 9.71. The lowest BCUT2D eigenvalue weighted by atomic mass is 9.86. The molecular formula is C13H15BrO2. The molecule has 2 rings (SSSR count). The van der Waals surface area contributed by atoms with Gasteiger partial charge in [0.15, 0.2) is 11.9 Å². The Morgan fingerprint density at radius 3 is 2.75 bits per heavy atom. The second-order valence-corrected chi connectivity index (χ2v) is 6.09. The van der Waals surface area contributed by atoms with Crippen LogP contribution in [0, 0.1) is 5.41 Å². The molecule has 0 radical (unpaired) electrons. The Balaban J connectivity index is 2.20. The standard InChI is InChI=1S/C13H15BrO2/c1-13(2,3)12(15)11-7-8-6-9(14)4-5-10(8)16-11/h4-6,11H,7H2,1-3H3. The van der Waals surface area contributed by atoms with Gasteiger partial charge in [0, 0.05) is 16.3 Å². The number of rotatable bonds is 1. The average molecular weight is 283 g/mol. The number of hydrogen-bond donors (Lipinski definition) is 0. The van der Waals surface area contributed by atoms with Crippen LogP contribution in [0.25, 0.3) is 0 Å². The topological polar surface area (TPSA) is 26.3 Å². The van der Waals surface area contributed by atoms with E-state index in [-0.39, 0.29) is 17.3 Å². The van der Waals surface area contributed by atoms with E-state index in [0.29, 0.717) is 6.42 Å². The fraction of sp³-hybridized carbons (Fsp3) is 0.462. The van der Waals surface area contributed by atoms with Crippen LogP contribution in [0.5, 0.6) is 5.75 Å². The van der Waals surface area contributed by atoms with E-state index in [1.165, 1.54) is 0 Å². The predicted octanol–water partition coefficient (Wildman–Crippen LogP) is 3.37. The van der Waals surface area contributed by atoms with Gasteiger partial charge in [0.25, 0.3) is 0 Å². The van der Waals surface area contributed by atoms with E-state index in [1.54, 1.807) is 0 Å². The van der Waals surface area contributed by atoms with E-state index < -0.39 is 0 Å². The molecule has 1 unspecified atom stereocenters. The van der Waals surface area contributed by atoms with E-state index >= 15 is 0 Å². The van der Waals surface area contributed by atoms with Gasteiger partial charge < -0.3 is 4.74 Å². The van der Waals surface area contributed by atoms with E-state index in [9.17, 15) is 4.79 Å². The summed E-state index contributed by atoms with van der Waals surface area (Å²) in [6.07, 6.45) is 0.370. The van der Waals surface area contributed by atoms with Crippen LogP contribution in [0.15, 0.2) is 22.7 Å². The third-order valence-corrected chi connectivity index (χ3v) is 3.22. The highest BCUT2D eigenvalue weighted by Crippen LogP contribution is 2.33. The SMILES string of the molecule is CC(C)(C)C(=O)C1Cc2cc(Br)ccc2O1. The van der Waals surface area contributed by atoms with Crippen LogP contribution < -0.4 is 4.74 Å². The first-order chi connectivity index (χ1) is 7.38. The van der Waals surface area contributed by atoms with E-state index in [0.717, 1.165) is 15.8 Å². The van der Waals surface area contributed by atoms with Crippen molar-refractivity contribution < 1.29 is 9.53 Å². The Morgan fingerprint density at radius 2 is 2.12 bits per heavy atom. The monoisotopic (exact) mass is 282 g/mol. The fourth-order valence-electron chi connectivity index (χ4n) is 1.85. The summed E-state index contributed by atoms with van der Waals surface area (Å²) >= 11 is 3.42. The van der Waals surface area contributed by atoms with Crippen LogP contribution in [-0.4, -0.2) is 11.9 Å². The van der Waals surface area contributed by atoms with Crippen molar-refractivity contribution in [3.05, 3.63) is 28.2 Å². The molecular weight excluding hydrogens is 268 g/mol. The normalized spacial score (nSPS) is 19.1. The molecule has 86 valence electrons. The number of fused-ring (bicyclic) bond motifs is 1. The van der Waals surface area contributed by atoms with Gasteiger partial charge in [-0.25, -0.2) is 0 Å². The number of Topliss-reactive ketones (excluding diaryl/α,β-unsaturated/α-hetero) is 1. The van der Waals surface area contributed by atoms with E-state index in [4.69, 9.17) is 4.74 Å². The van der Waals surface area contributed by atoms with Crippen LogP contribution in [0.2, 0.25) is 0 Å². The maximum absolute atomic E-state index is 12.1. The molecule has 0 spiro atoms. The Hall–Kier alpha value is -0.830. The van der Waals surface area contributed by atoms with Gasteiger partial charge in [-0.1, -0.05) is 36.7 Å². The van der Waals surface area contributed by atoms with Gasteiger partial charge in [0.2, 0.25) is 0 Å². The molecule has 1 heterocycles. The molecule has 0 aromatic heterocycles. The van der Waals surface area contributed by atoms with Gasteiger partial charge in [0.05, 0.1) is 0 Å². The molecule has 0 aliphatic carbocycles. The summed E-state index contributed by atoms with van der Waals surface area (Å²) < 4.78 is 6.71. The summed E-state index contributed by atoms with van der Waals surface area (Å²) in [6, 6.07) is 5.86. The maximum Gasteiger partial charge on any atom is 0.178 e. The summed E-state index contributed by atoms with van der Waals surface area (Å²) in [4.78, 5) is 12.1. The Labute approximate surface area is 104 Å². The number of halogens is 1. The molecule has 0 fully saturated rings. The molecule has 1 aliphatic heterocycles. The van der Waals surface area contributed by atoms with E-state index in [1.807, 2.05) is 39.0 Å². The highest BCUT2D eigenvalue weighted by atomic mass is 79.9. The first-order valence-electron chi connectivity index (χ1n) is 5.37. The molecule has 16 heavy (non-hydrogen) atoms. The summed E-state index contributed by atoms with van der Waals surface area (Å²) in [5.41, 5.74) is 0.765. The van der Waals surface area contributed by atoms with Gasteiger partial charge in [-0.3, -0.25) is 4.79 Å². The first-order valence-corrected chi connectivity index (χ1v) is 6.16. The van der Waals surface area contributed by atoms with Crippen LogP contribution >= 0.6 is 15.9 Å². The van der Waals surface area contributed by atoms with Crippen molar-refractivity contribution in [2.24, 2.45) is 5.41 Å². The van der Waals surface area contributed by atoms with Gasteiger partial charge >= 0.3 is 0 Å². The summed E-state index contributed by atoms with van der Waals surface area (Å²) in [7, 11) is 0. The zero-order valence-corrected chi connectivity index (χ0v) is 11.3. The highest BCUT2D eigenvalue weighted by molar-refractivity contribution is 9.10. The van der Waals surface area contributed by atoms with E-state index in [2.05, 4.69) is 15.9 Å². The van der Waals surface area contributed by atoms with Gasteiger partial charge in [0.1, 0.15) is 5.75 Å². The molecule has 0 saturated heterocycles. The summed E-state index contributed by atoms with van der Waals surface area (Å²) in [5.74, 6) is 1.01. The number of hydrogen-bond acceptors (Lipinski definition) is 2. The van der Waals surface area contributed by atoms with Gasteiger partial charge in [-0.05, 0) is 23.8 Å². The third-order valence-electron chi connectivity index (χ3n) is 2.73. The largest absolute Gasteiger partial charge is 0.482 e. The van der Waals surface area contributed by atoms with Crippen molar-refractivity contribution in [2.45, 2.75) is 33.3 Å². The van der Waals surface area contributed by atoms with Gasteiger partial charge in [-0.15, -0.1) is 0 Å². The number of carbonyl (C=O) groups excluding carboxylic acids is 1. The minimum atomic E-state index is -0.343. The van der Waals surface area contributed by atoms with Crippen molar-refractivity contribution in [1.29, 1.82) is 0 Å². The average Bonchev–Trinajstić information content (AvgIpc) is 2.57. The van der Waals surface area contributed by atoms with Gasteiger partial charge in [-0.2, -0.15) is 0 Å². The number of ether oxygens (including phenoxy) is 1. The fourth-order valence-corrected chi connectivity index (χ4v) is 2.25. The van der Waals surface area contributed by atoms with Crippen molar-refractivity contribution in [3.63, 3.8) is 0 Å². The number of ketones is 1. The molecule has 1 atom stereocenters. The minimum absolute atomic E-state index is 0.167. The second kappa shape index (κ2) is 3.88. The molecule has 1 aliphatic rings. The number of carbonyl (C=O) groups is 1. The molecule has 1 aromatic rings. The lowest BCUT2D eigenvalue weighted by Crippen LogP contribution is -2.35. The highest BCUT2D eigenvalue weighted by Gasteiger charge is 2.35. The smallest absolute Gasteiger partial charge is 0.178 e. The van der Waals surface area contributed by atoms with Crippen LogP contribution in [-0.2, 0) is 11.2 Å². The lowest BCUT2D eigenvalue weighted by Gasteiger charge is -2.20. The molecule has 0 saturated carbocycles. The Bertz CT molecular complexity index is 432. The minimum Gasteiger partial charge on any atom is -0.482 e. The van der Waals surface area contributed by atoms with Crippen molar-refractivity contribution in [3.8, 4) is 5.75 Å². The van der Waals surface area contributed by atoms with Crippen LogP contribution in [0.1, 0.15) is 26.3 Å². The Morgan fingerprint density at radius 1 is 1.44 bits per heavy atom.